The van der Waals surface area contributed by atoms with Crippen LogP contribution in [0.25, 0.3) is 0 Å². The van der Waals surface area contributed by atoms with Crippen molar-refractivity contribution in [2.45, 2.75) is 57.2 Å². The number of rotatable bonds is 4. The summed E-state index contributed by atoms with van der Waals surface area (Å²) in [6, 6.07) is 7.37. The highest BCUT2D eigenvalue weighted by Gasteiger charge is 2.50. The van der Waals surface area contributed by atoms with Crippen molar-refractivity contribution in [3.05, 3.63) is 30.1 Å². The summed E-state index contributed by atoms with van der Waals surface area (Å²) in [5, 5.41) is 0. The van der Waals surface area contributed by atoms with Gasteiger partial charge in [-0.15, -0.1) is 0 Å². The lowest BCUT2D eigenvalue weighted by atomic mass is 9.93. The van der Waals surface area contributed by atoms with Crippen molar-refractivity contribution in [2.24, 2.45) is 0 Å². The lowest BCUT2D eigenvalue weighted by Crippen LogP contribution is -2.53. The number of amides is 1. The number of piperidine rings is 1. The van der Waals surface area contributed by atoms with Crippen LogP contribution in [0.4, 0.5) is 10.1 Å². The van der Waals surface area contributed by atoms with Gasteiger partial charge in [0.1, 0.15) is 5.82 Å². The summed E-state index contributed by atoms with van der Waals surface area (Å²) in [5.41, 5.74) is 1.00. The lowest BCUT2D eigenvalue weighted by Gasteiger charge is -2.42. The average molecular weight is 390 g/mol. The molecule has 3 heterocycles. The number of carbonyl (C=O) groups excluding carboxylic acids is 1. The molecule has 1 aromatic carbocycles. The summed E-state index contributed by atoms with van der Waals surface area (Å²) in [7, 11) is 0. The van der Waals surface area contributed by atoms with Gasteiger partial charge in [-0.3, -0.25) is 9.69 Å². The first-order valence-corrected chi connectivity index (χ1v) is 10.6. The van der Waals surface area contributed by atoms with Gasteiger partial charge in [-0.25, -0.2) is 4.39 Å². The molecule has 2 atom stereocenters. The predicted octanol–water partition coefficient (Wildman–Crippen LogP) is 2.90. The fourth-order valence-corrected chi connectivity index (χ4v) is 5.32. The normalized spacial score (nSPS) is 27.7. The third-order valence-corrected chi connectivity index (χ3v) is 6.61. The molecule has 3 aliphatic heterocycles. The first-order chi connectivity index (χ1) is 13.5. The average Bonchev–Trinajstić information content (AvgIpc) is 2.97. The van der Waals surface area contributed by atoms with E-state index in [1.54, 1.807) is 0 Å². The number of nitrogens with zero attached hydrogens (tertiary/aromatic N) is 3. The van der Waals surface area contributed by atoms with Crippen LogP contribution in [0.15, 0.2) is 24.3 Å². The van der Waals surface area contributed by atoms with Gasteiger partial charge in [-0.1, -0.05) is 0 Å². The van der Waals surface area contributed by atoms with Gasteiger partial charge in [-0.05, 0) is 57.4 Å². The molecule has 1 amide bonds. The van der Waals surface area contributed by atoms with Gasteiger partial charge in [0, 0.05) is 43.8 Å². The zero-order chi connectivity index (χ0) is 19.7. The Morgan fingerprint density at radius 3 is 2.57 bits per heavy atom. The molecule has 0 N–H and O–H groups in total. The number of halogens is 1. The van der Waals surface area contributed by atoms with E-state index < -0.39 is 0 Å². The third kappa shape index (κ3) is 3.90. The van der Waals surface area contributed by atoms with Crippen LogP contribution < -0.4 is 4.90 Å². The van der Waals surface area contributed by atoms with E-state index in [0.717, 1.165) is 64.3 Å². The van der Waals surface area contributed by atoms with Crippen molar-refractivity contribution < 1.29 is 13.9 Å². The molecule has 0 bridgehead atoms. The summed E-state index contributed by atoms with van der Waals surface area (Å²) in [6.45, 7) is 9.54. The van der Waals surface area contributed by atoms with E-state index in [2.05, 4.69) is 28.5 Å². The van der Waals surface area contributed by atoms with Gasteiger partial charge in [-0.2, -0.15) is 0 Å². The Balaban J connectivity index is 1.46. The molecule has 1 aromatic rings. The van der Waals surface area contributed by atoms with E-state index in [9.17, 15) is 9.18 Å². The second kappa shape index (κ2) is 7.99. The molecule has 0 spiro atoms. The summed E-state index contributed by atoms with van der Waals surface area (Å²) >= 11 is 0. The van der Waals surface area contributed by atoms with Gasteiger partial charge >= 0.3 is 0 Å². The van der Waals surface area contributed by atoms with Crippen LogP contribution in [-0.4, -0.2) is 72.7 Å². The van der Waals surface area contributed by atoms with E-state index in [4.69, 9.17) is 4.74 Å². The Hall–Kier alpha value is -1.66. The second-order valence-electron chi connectivity index (χ2n) is 8.93. The predicted molar refractivity (Wildman–Crippen MR) is 108 cm³/mol. The van der Waals surface area contributed by atoms with Crippen LogP contribution in [0, 0.1) is 5.82 Å². The van der Waals surface area contributed by atoms with Crippen LogP contribution >= 0.6 is 0 Å². The molecule has 3 saturated heterocycles. The monoisotopic (exact) mass is 389 g/mol. The number of fused-ring (bicyclic) bond motifs is 1. The topological polar surface area (TPSA) is 36.0 Å². The number of carbonyl (C=O) groups is 1. The Labute approximate surface area is 167 Å². The van der Waals surface area contributed by atoms with Gasteiger partial charge < -0.3 is 14.5 Å². The zero-order valence-corrected chi connectivity index (χ0v) is 17.1. The highest BCUT2D eigenvalue weighted by atomic mass is 19.1. The summed E-state index contributed by atoms with van der Waals surface area (Å²) in [5.74, 6) is 0.0683. The van der Waals surface area contributed by atoms with Crippen LogP contribution in [0.1, 0.15) is 39.5 Å². The number of anilines is 1. The van der Waals surface area contributed by atoms with Crippen molar-refractivity contribution >= 4 is 11.6 Å². The second-order valence-corrected chi connectivity index (χ2v) is 8.93. The van der Waals surface area contributed by atoms with E-state index in [0.29, 0.717) is 12.5 Å². The maximum absolute atomic E-state index is 13.4. The number of benzene rings is 1. The molecular weight excluding hydrogens is 357 g/mol. The molecule has 28 heavy (non-hydrogen) atoms. The third-order valence-electron chi connectivity index (χ3n) is 6.61. The minimum absolute atomic E-state index is 0.0553. The van der Waals surface area contributed by atoms with Crippen molar-refractivity contribution in [2.75, 3.05) is 44.3 Å². The quantitative estimate of drug-likeness (QED) is 0.793. The molecule has 3 aliphatic rings. The van der Waals surface area contributed by atoms with Crippen LogP contribution in [0.2, 0.25) is 0 Å². The van der Waals surface area contributed by atoms with Gasteiger partial charge in [0.15, 0.2) is 0 Å². The summed E-state index contributed by atoms with van der Waals surface area (Å²) in [6.07, 6.45) is 3.65. The Morgan fingerprint density at radius 2 is 1.86 bits per heavy atom. The Bertz CT molecular complexity index is 688. The molecule has 5 nitrogen and oxygen atoms in total. The van der Waals surface area contributed by atoms with Crippen LogP contribution in [0.5, 0.6) is 0 Å². The molecule has 0 aromatic heterocycles. The summed E-state index contributed by atoms with van der Waals surface area (Å²) < 4.78 is 18.8. The minimum Gasteiger partial charge on any atom is -0.379 e. The maximum Gasteiger partial charge on any atom is 0.224 e. The summed E-state index contributed by atoms with van der Waals surface area (Å²) in [4.78, 5) is 20.0. The fourth-order valence-electron chi connectivity index (χ4n) is 5.32. The first kappa shape index (κ1) is 19.6. The molecule has 0 unspecified atom stereocenters. The Morgan fingerprint density at radius 1 is 1.14 bits per heavy atom. The molecule has 6 heteroatoms. The number of hydrogen-bond acceptors (Lipinski definition) is 4. The smallest absolute Gasteiger partial charge is 0.224 e. The molecule has 0 radical (unpaired) electrons. The van der Waals surface area contributed by atoms with Gasteiger partial charge in [0.05, 0.1) is 25.3 Å². The van der Waals surface area contributed by atoms with Crippen molar-refractivity contribution in [3.63, 3.8) is 0 Å². The van der Waals surface area contributed by atoms with E-state index >= 15 is 0 Å². The first-order valence-electron chi connectivity index (χ1n) is 10.6. The van der Waals surface area contributed by atoms with Gasteiger partial charge in [0.2, 0.25) is 5.91 Å². The molecular formula is C22H32FN3O2. The number of likely N-dealkylation sites (tertiary alicyclic amines) is 1. The standard InChI is InChI=1S/C22H32FN3O2/c1-22(2)16-20-19(26(22)18-7-5-17(23)6-8-18)4-3-10-25(20)21(27)9-11-24-12-14-28-15-13-24/h5-8,19-20H,3-4,9-16H2,1-2H3/t19-,20-/m0/s1. The highest BCUT2D eigenvalue weighted by Crippen LogP contribution is 2.43. The van der Waals surface area contributed by atoms with E-state index in [-0.39, 0.29) is 23.3 Å². The lowest BCUT2D eigenvalue weighted by molar-refractivity contribution is -0.135. The molecule has 0 saturated carbocycles. The number of morpholine rings is 1. The molecule has 3 fully saturated rings. The molecule has 4 rings (SSSR count). The van der Waals surface area contributed by atoms with E-state index in [1.807, 2.05) is 12.1 Å². The van der Waals surface area contributed by atoms with Crippen LogP contribution in [-0.2, 0) is 9.53 Å². The van der Waals surface area contributed by atoms with Gasteiger partial charge in [0.25, 0.3) is 0 Å². The highest BCUT2D eigenvalue weighted by molar-refractivity contribution is 5.77. The minimum atomic E-state index is -0.208. The Kier molecular flexibility index (Phi) is 5.61. The van der Waals surface area contributed by atoms with Crippen molar-refractivity contribution in [1.82, 2.24) is 9.80 Å². The largest absolute Gasteiger partial charge is 0.379 e. The number of ether oxygens (including phenoxy) is 1. The van der Waals surface area contributed by atoms with Crippen molar-refractivity contribution in [1.29, 1.82) is 0 Å². The fraction of sp³-hybridized carbons (Fsp3) is 0.682. The maximum atomic E-state index is 13.4. The van der Waals surface area contributed by atoms with Crippen LogP contribution in [0.3, 0.4) is 0 Å². The zero-order valence-electron chi connectivity index (χ0n) is 17.1. The number of hydrogen-bond donors (Lipinski definition) is 0. The van der Waals surface area contributed by atoms with E-state index in [1.165, 1.54) is 12.1 Å². The van der Waals surface area contributed by atoms with Crippen molar-refractivity contribution in [3.8, 4) is 0 Å². The molecule has 0 aliphatic carbocycles. The SMILES string of the molecule is CC1(C)C[C@H]2[C@H](CCCN2C(=O)CCN2CCOCC2)N1c1ccc(F)cc1. The molecule has 154 valence electrons.